The van der Waals surface area contributed by atoms with Gasteiger partial charge in [-0.2, -0.15) is 0 Å². The Balaban J connectivity index is 2.59. The third-order valence-corrected chi connectivity index (χ3v) is 7.59. The highest BCUT2D eigenvalue weighted by molar-refractivity contribution is 7.56. The molecule has 0 aliphatic heterocycles. The van der Waals surface area contributed by atoms with E-state index in [1.54, 1.807) is 19.9 Å². The molecule has 0 fully saturated rings. The Morgan fingerprint density at radius 3 is 2.07 bits per heavy atom. The molecule has 6 heteroatoms. The van der Waals surface area contributed by atoms with Gasteiger partial charge in [0, 0.05) is 25.2 Å². The molecule has 0 spiro atoms. The van der Waals surface area contributed by atoms with Gasteiger partial charge >= 0.3 is 7.60 Å². The molecule has 0 saturated heterocycles. The highest BCUT2D eigenvalue weighted by Crippen LogP contribution is 2.59. The van der Waals surface area contributed by atoms with E-state index in [0.29, 0.717) is 0 Å². The second-order valence-corrected chi connectivity index (χ2v) is 11.1. The lowest BCUT2D eigenvalue weighted by atomic mass is 9.83. The molecule has 0 aromatic heterocycles. The first-order valence-electron chi connectivity index (χ1n) is 9.08. The summed E-state index contributed by atoms with van der Waals surface area (Å²) in [5.41, 5.74) is 1.31. The van der Waals surface area contributed by atoms with Crippen molar-refractivity contribution >= 4 is 30.2 Å². The SMILES string of the molecule is COP(=O)(OC)C(C)(C)C(=O)C=Cc1cc(C(C)(C)C)c(O)c2ccccc12. The van der Waals surface area contributed by atoms with Crippen LogP contribution in [0.15, 0.2) is 36.4 Å². The highest BCUT2D eigenvalue weighted by atomic mass is 31.2. The zero-order valence-corrected chi connectivity index (χ0v) is 18.5. The maximum absolute atomic E-state index is 12.8. The van der Waals surface area contributed by atoms with E-state index in [0.717, 1.165) is 21.9 Å². The van der Waals surface area contributed by atoms with Gasteiger partial charge in [-0.3, -0.25) is 9.36 Å². The maximum Gasteiger partial charge on any atom is 0.343 e. The number of ketones is 1. The molecule has 2 aromatic rings. The van der Waals surface area contributed by atoms with Crippen LogP contribution in [0.1, 0.15) is 45.7 Å². The smallest absolute Gasteiger partial charge is 0.343 e. The average molecular weight is 404 g/mol. The summed E-state index contributed by atoms with van der Waals surface area (Å²) in [6.07, 6.45) is 3.09. The van der Waals surface area contributed by atoms with Gasteiger partial charge in [0.25, 0.3) is 0 Å². The summed E-state index contributed by atoms with van der Waals surface area (Å²) >= 11 is 0. The van der Waals surface area contributed by atoms with Gasteiger partial charge < -0.3 is 14.2 Å². The number of rotatable bonds is 6. The zero-order valence-electron chi connectivity index (χ0n) is 17.6. The predicted molar refractivity (Wildman–Crippen MR) is 114 cm³/mol. The number of carbonyl (C=O) groups excluding carboxylic acids is 1. The van der Waals surface area contributed by atoms with Crippen molar-refractivity contribution in [3.63, 3.8) is 0 Å². The summed E-state index contributed by atoms with van der Waals surface area (Å²) in [4.78, 5) is 12.8. The summed E-state index contributed by atoms with van der Waals surface area (Å²) in [6, 6.07) is 9.38. The van der Waals surface area contributed by atoms with E-state index < -0.39 is 12.8 Å². The van der Waals surface area contributed by atoms with Gasteiger partial charge in [0.1, 0.15) is 10.9 Å². The van der Waals surface area contributed by atoms with E-state index in [2.05, 4.69) is 0 Å². The number of aromatic hydroxyl groups is 1. The molecule has 0 amide bonds. The van der Waals surface area contributed by atoms with Crippen molar-refractivity contribution < 1.29 is 23.5 Å². The summed E-state index contributed by atoms with van der Waals surface area (Å²) in [7, 11) is -1.05. The fraction of sp³-hybridized carbons (Fsp3) is 0.409. The van der Waals surface area contributed by atoms with Crippen LogP contribution in [-0.4, -0.2) is 30.3 Å². The Morgan fingerprint density at radius 2 is 1.57 bits per heavy atom. The van der Waals surface area contributed by atoms with Crippen LogP contribution < -0.4 is 0 Å². The lowest BCUT2D eigenvalue weighted by Gasteiger charge is -2.28. The fourth-order valence-corrected chi connectivity index (χ4v) is 4.54. The summed E-state index contributed by atoms with van der Waals surface area (Å²) in [6.45, 7) is 9.15. The largest absolute Gasteiger partial charge is 0.507 e. The third-order valence-electron chi connectivity index (χ3n) is 5.04. The second kappa shape index (κ2) is 7.82. The van der Waals surface area contributed by atoms with E-state index in [9.17, 15) is 14.5 Å². The van der Waals surface area contributed by atoms with Crippen molar-refractivity contribution in [1.29, 1.82) is 0 Å². The Morgan fingerprint density at radius 1 is 1.04 bits per heavy atom. The minimum Gasteiger partial charge on any atom is -0.507 e. The normalized spacial score (nSPS) is 13.4. The van der Waals surface area contributed by atoms with E-state index in [1.165, 1.54) is 20.3 Å². The highest BCUT2D eigenvalue weighted by Gasteiger charge is 2.46. The molecule has 0 bridgehead atoms. The van der Waals surface area contributed by atoms with Gasteiger partial charge in [-0.05, 0) is 42.4 Å². The van der Waals surface area contributed by atoms with Crippen molar-refractivity contribution in [3.8, 4) is 5.75 Å². The molecule has 5 nitrogen and oxygen atoms in total. The number of phenols is 1. The maximum atomic E-state index is 12.8. The molecule has 2 rings (SSSR count). The van der Waals surface area contributed by atoms with Crippen LogP contribution in [0.2, 0.25) is 0 Å². The molecule has 28 heavy (non-hydrogen) atoms. The van der Waals surface area contributed by atoms with Gasteiger partial charge in [0.05, 0.1) is 0 Å². The number of phenolic OH excluding ortho intramolecular Hbond substituents is 1. The van der Waals surface area contributed by atoms with Crippen LogP contribution in [0.25, 0.3) is 16.8 Å². The summed E-state index contributed by atoms with van der Waals surface area (Å²) < 4.78 is 22.8. The molecule has 0 heterocycles. The number of hydrogen-bond acceptors (Lipinski definition) is 5. The van der Waals surface area contributed by atoms with E-state index in [4.69, 9.17) is 9.05 Å². The number of carbonyl (C=O) groups is 1. The molecule has 0 atom stereocenters. The van der Waals surface area contributed by atoms with E-state index in [-0.39, 0.29) is 16.9 Å². The van der Waals surface area contributed by atoms with Gasteiger partial charge in [0.15, 0.2) is 5.78 Å². The Kier molecular flexibility index (Phi) is 6.25. The van der Waals surface area contributed by atoms with E-state index >= 15 is 0 Å². The number of fused-ring (bicyclic) bond motifs is 1. The van der Waals surface area contributed by atoms with Crippen LogP contribution in [0.4, 0.5) is 0 Å². The molecule has 152 valence electrons. The van der Waals surface area contributed by atoms with Crippen LogP contribution in [0, 0.1) is 0 Å². The Bertz CT molecular complexity index is 959. The molecule has 0 aliphatic rings. The first kappa shape index (κ1) is 22.4. The quantitative estimate of drug-likeness (QED) is 0.495. The van der Waals surface area contributed by atoms with Gasteiger partial charge in [-0.25, -0.2) is 0 Å². The van der Waals surface area contributed by atoms with Crippen molar-refractivity contribution in [2.24, 2.45) is 0 Å². The topological polar surface area (TPSA) is 72.8 Å². The standard InChI is InChI=1S/C22H29O5P/c1-21(2,3)18-14-15(16-10-8-9-11-17(16)20(18)24)12-13-19(23)22(4,5)28(25,26-6)27-7/h8-14,24H,1-7H3. The minimum atomic E-state index is -3.59. The van der Waals surface area contributed by atoms with Crippen LogP contribution in [-0.2, 0) is 23.8 Å². The molecule has 0 aliphatic carbocycles. The lowest BCUT2D eigenvalue weighted by Crippen LogP contribution is -2.31. The number of benzene rings is 2. The Labute approximate surface area is 166 Å². The van der Waals surface area contributed by atoms with Crippen LogP contribution in [0.5, 0.6) is 5.75 Å². The van der Waals surface area contributed by atoms with Gasteiger partial charge in [-0.15, -0.1) is 0 Å². The van der Waals surface area contributed by atoms with E-state index in [1.807, 2.05) is 51.1 Å². The molecule has 1 N–H and O–H groups in total. The zero-order chi connectivity index (χ0) is 21.3. The summed E-state index contributed by atoms with van der Waals surface area (Å²) in [5, 5.41) is 11.0. The molecule has 0 saturated carbocycles. The minimum absolute atomic E-state index is 0.246. The number of hydrogen-bond donors (Lipinski definition) is 1. The first-order valence-corrected chi connectivity index (χ1v) is 10.6. The molecule has 0 radical (unpaired) electrons. The van der Waals surface area contributed by atoms with Crippen molar-refractivity contribution in [2.45, 2.75) is 45.2 Å². The first-order chi connectivity index (χ1) is 12.9. The molecule has 2 aromatic carbocycles. The Hall–Kier alpha value is -1.94. The summed E-state index contributed by atoms with van der Waals surface area (Å²) in [5.74, 6) is -0.121. The predicted octanol–water partition coefficient (Wildman–Crippen LogP) is 5.69. The fourth-order valence-electron chi connectivity index (χ4n) is 3.13. The van der Waals surface area contributed by atoms with Crippen molar-refractivity contribution in [3.05, 3.63) is 47.5 Å². The second-order valence-electron chi connectivity index (χ2n) is 8.28. The number of allylic oxidation sites excluding steroid dienone is 1. The van der Waals surface area contributed by atoms with Crippen molar-refractivity contribution in [2.75, 3.05) is 14.2 Å². The third kappa shape index (κ3) is 3.93. The van der Waals surface area contributed by atoms with Crippen molar-refractivity contribution in [1.82, 2.24) is 0 Å². The monoisotopic (exact) mass is 404 g/mol. The van der Waals surface area contributed by atoms with Gasteiger partial charge in [0.2, 0.25) is 0 Å². The molecular weight excluding hydrogens is 375 g/mol. The van der Waals surface area contributed by atoms with Crippen LogP contribution in [0.3, 0.4) is 0 Å². The average Bonchev–Trinajstić information content (AvgIpc) is 2.65. The van der Waals surface area contributed by atoms with Gasteiger partial charge in [-0.1, -0.05) is 51.1 Å². The molecular formula is C22H29O5P. The molecule has 0 unspecified atom stereocenters. The van der Waals surface area contributed by atoms with Crippen LogP contribution >= 0.6 is 7.60 Å². The lowest BCUT2D eigenvalue weighted by molar-refractivity contribution is -0.116.